The minimum absolute atomic E-state index is 0.175. The molecule has 126 valence electrons. The first-order valence-electron chi connectivity index (χ1n) is 7.82. The molecule has 0 radical (unpaired) electrons. The van der Waals surface area contributed by atoms with Crippen LogP contribution in [0.5, 0.6) is 11.5 Å². The predicted octanol–water partition coefficient (Wildman–Crippen LogP) is 3.31. The summed E-state index contributed by atoms with van der Waals surface area (Å²) in [6.07, 6.45) is 6.20. The van der Waals surface area contributed by atoms with Crippen molar-refractivity contribution < 1.29 is 19.1 Å². The first-order chi connectivity index (χ1) is 12.7. The Hall–Kier alpha value is -3.80. The van der Waals surface area contributed by atoms with E-state index in [1.54, 1.807) is 54.9 Å². The third kappa shape index (κ3) is 3.08. The number of nitrogens with zero attached hydrogens (tertiary/aromatic N) is 2. The van der Waals surface area contributed by atoms with Crippen molar-refractivity contribution in [3.63, 3.8) is 0 Å². The molecular formula is C20H12N2O4. The molecule has 0 N–H and O–H groups in total. The highest BCUT2D eigenvalue weighted by Crippen LogP contribution is 2.34. The number of ketones is 1. The number of fused-ring (bicyclic) bond motifs is 1. The van der Waals surface area contributed by atoms with Gasteiger partial charge < -0.3 is 9.47 Å². The minimum Gasteiger partial charge on any atom is -0.452 e. The SMILES string of the molecule is O=C(Oc1ccc2c(c1)O/C(=C\c1ccccn1)C2=O)c1cccnc1. The van der Waals surface area contributed by atoms with Crippen LogP contribution in [0.15, 0.2) is 72.9 Å². The normalized spacial score (nSPS) is 14.0. The average Bonchev–Trinajstić information content (AvgIpc) is 2.98. The van der Waals surface area contributed by atoms with Gasteiger partial charge >= 0.3 is 5.97 Å². The Balaban J connectivity index is 1.56. The van der Waals surface area contributed by atoms with Crippen LogP contribution in [0.2, 0.25) is 0 Å². The maximum Gasteiger partial charge on any atom is 0.345 e. The summed E-state index contributed by atoms with van der Waals surface area (Å²) in [4.78, 5) is 32.5. The Morgan fingerprint density at radius 2 is 2.00 bits per heavy atom. The molecule has 1 aromatic carbocycles. The van der Waals surface area contributed by atoms with E-state index in [-0.39, 0.29) is 17.3 Å². The molecule has 2 aromatic heterocycles. The highest BCUT2D eigenvalue weighted by Gasteiger charge is 2.28. The number of carbonyl (C=O) groups excluding carboxylic acids is 2. The van der Waals surface area contributed by atoms with E-state index in [1.807, 2.05) is 6.07 Å². The van der Waals surface area contributed by atoms with E-state index in [1.165, 1.54) is 12.3 Å². The summed E-state index contributed by atoms with van der Waals surface area (Å²) >= 11 is 0. The first kappa shape index (κ1) is 15.7. The summed E-state index contributed by atoms with van der Waals surface area (Å²) in [6.45, 7) is 0. The van der Waals surface area contributed by atoms with Gasteiger partial charge in [0.25, 0.3) is 0 Å². The number of rotatable bonds is 3. The van der Waals surface area contributed by atoms with E-state index >= 15 is 0 Å². The molecule has 0 bridgehead atoms. The lowest BCUT2D eigenvalue weighted by Crippen LogP contribution is -2.08. The lowest BCUT2D eigenvalue weighted by atomic mass is 10.1. The summed E-state index contributed by atoms with van der Waals surface area (Å²) in [5.41, 5.74) is 1.36. The molecule has 0 spiro atoms. The number of Topliss-reactive ketones (excluding diaryl/α,β-unsaturated/α-hetero) is 1. The maximum absolute atomic E-state index is 12.4. The first-order valence-corrected chi connectivity index (χ1v) is 7.82. The quantitative estimate of drug-likeness (QED) is 0.412. The molecule has 0 amide bonds. The zero-order valence-electron chi connectivity index (χ0n) is 13.5. The van der Waals surface area contributed by atoms with Gasteiger partial charge in [-0.2, -0.15) is 0 Å². The van der Waals surface area contributed by atoms with Crippen LogP contribution in [0.3, 0.4) is 0 Å². The van der Waals surface area contributed by atoms with Crippen LogP contribution in [0, 0.1) is 0 Å². The van der Waals surface area contributed by atoms with Crippen LogP contribution in [-0.2, 0) is 0 Å². The second kappa shape index (κ2) is 6.60. The van der Waals surface area contributed by atoms with Crippen LogP contribution >= 0.6 is 0 Å². The Bertz CT molecular complexity index is 1010. The Labute approximate surface area is 148 Å². The van der Waals surface area contributed by atoms with Gasteiger partial charge in [-0.05, 0) is 36.4 Å². The number of aromatic nitrogens is 2. The van der Waals surface area contributed by atoms with Gasteiger partial charge in [-0.25, -0.2) is 4.79 Å². The summed E-state index contributed by atoms with van der Waals surface area (Å²) in [7, 11) is 0. The summed E-state index contributed by atoms with van der Waals surface area (Å²) in [5.74, 6) is 0.0232. The fraction of sp³-hybridized carbons (Fsp3) is 0. The molecule has 26 heavy (non-hydrogen) atoms. The predicted molar refractivity (Wildman–Crippen MR) is 92.8 cm³/mol. The Morgan fingerprint density at radius 3 is 2.77 bits per heavy atom. The monoisotopic (exact) mass is 344 g/mol. The molecule has 3 heterocycles. The molecule has 0 saturated carbocycles. The number of esters is 1. The molecule has 0 saturated heterocycles. The van der Waals surface area contributed by atoms with E-state index in [0.717, 1.165) is 0 Å². The second-order valence-corrected chi connectivity index (χ2v) is 5.48. The highest BCUT2D eigenvalue weighted by molar-refractivity contribution is 6.14. The van der Waals surface area contributed by atoms with E-state index < -0.39 is 5.97 Å². The number of hydrogen-bond donors (Lipinski definition) is 0. The molecule has 0 unspecified atom stereocenters. The minimum atomic E-state index is -0.536. The number of pyridine rings is 2. The molecule has 3 aromatic rings. The third-order valence-corrected chi connectivity index (χ3v) is 3.72. The molecular weight excluding hydrogens is 332 g/mol. The van der Waals surface area contributed by atoms with Crippen molar-refractivity contribution in [1.29, 1.82) is 0 Å². The van der Waals surface area contributed by atoms with Gasteiger partial charge in [0.2, 0.25) is 5.78 Å². The van der Waals surface area contributed by atoms with Gasteiger partial charge in [-0.15, -0.1) is 0 Å². The smallest absolute Gasteiger partial charge is 0.345 e. The number of allylic oxidation sites excluding steroid dienone is 1. The van der Waals surface area contributed by atoms with E-state index in [4.69, 9.17) is 9.47 Å². The topological polar surface area (TPSA) is 78.4 Å². The fourth-order valence-corrected chi connectivity index (χ4v) is 2.48. The van der Waals surface area contributed by atoms with E-state index in [0.29, 0.717) is 22.6 Å². The van der Waals surface area contributed by atoms with Gasteiger partial charge in [-0.3, -0.25) is 14.8 Å². The van der Waals surface area contributed by atoms with Crippen molar-refractivity contribution in [1.82, 2.24) is 9.97 Å². The zero-order chi connectivity index (χ0) is 17.9. The number of ether oxygens (including phenoxy) is 2. The van der Waals surface area contributed by atoms with Crippen molar-refractivity contribution in [3.8, 4) is 11.5 Å². The van der Waals surface area contributed by atoms with Crippen molar-refractivity contribution in [3.05, 3.63) is 89.7 Å². The van der Waals surface area contributed by atoms with Gasteiger partial charge in [-0.1, -0.05) is 6.07 Å². The largest absolute Gasteiger partial charge is 0.452 e. The lowest BCUT2D eigenvalue weighted by molar-refractivity contribution is 0.0734. The molecule has 0 atom stereocenters. The van der Waals surface area contributed by atoms with Crippen LogP contribution in [-0.4, -0.2) is 21.7 Å². The third-order valence-electron chi connectivity index (χ3n) is 3.72. The summed E-state index contributed by atoms with van der Waals surface area (Å²) in [5, 5.41) is 0. The standard InChI is InChI=1S/C20H12N2O4/c23-19-16-7-6-15(25-20(24)13-4-3-8-21-12-13)11-17(16)26-18(19)10-14-5-1-2-9-22-14/h1-12H/b18-10-. The zero-order valence-corrected chi connectivity index (χ0v) is 13.5. The molecule has 6 nitrogen and oxygen atoms in total. The van der Waals surface area contributed by atoms with Gasteiger partial charge in [0, 0.05) is 30.7 Å². The van der Waals surface area contributed by atoms with E-state index in [9.17, 15) is 9.59 Å². The van der Waals surface area contributed by atoms with Crippen LogP contribution in [0.25, 0.3) is 6.08 Å². The summed E-state index contributed by atoms with van der Waals surface area (Å²) < 4.78 is 10.9. The Kier molecular flexibility index (Phi) is 3.99. The molecule has 4 rings (SSSR count). The van der Waals surface area contributed by atoms with Gasteiger partial charge in [0.1, 0.15) is 11.5 Å². The molecule has 6 heteroatoms. The van der Waals surface area contributed by atoms with Crippen LogP contribution < -0.4 is 9.47 Å². The number of carbonyl (C=O) groups is 2. The summed E-state index contributed by atoms with van der Waals surface area (Å²) in [6, 6.07) is 13.3. The molecule has 1 aliphatic heterocycles. The highest BCUT2D eigenvalue weighted by atomic mass is 16.5. The van der Waals surface area contributed by atoms with Crippen LogP contribution in [0.4, 0.5) is 0 Å². The number of hydrogen-bond acceptors (Lipinski definition) is 6. The van der Waals surface area contributed by atoms with Crippen molar-refractivity contribution in [2.45, 2.75) is 0 Å². The maximum atomic E-state index is 12.4. The van der Waals surface area contributed by atoms with Crippen molar-refractivity contribution in [2.75, 3.05) is 0 Å². The molecule has 0 aliphatic carbocycles. The molecule has 1 aliphatic rings. The van der Waals surface area contributed by atoms with Crippen LogP contribution in [0.1, 0.15) is 26.4 Å². The average molecular weight is 344 g/mol. The van der Waals surface area contributed by atoms with Gasteiger partial charge in [0.15, 0.2) is 5.76 Å². The van der Waals surface area contributed by atoms with Gasteiger partial charge in [0.05, 0.1) is 16.8 Å². The van der Waals surface area contributed by atoms with Crippen molar-refractivity contribution >= 4 is 17.8 Å². The fourth-order valence-electron chi connectivity index (χ4n) is 2.48. The van der Waals surface area contributed by atoms with Crippen molar-refractivity contribution in [2.24, 2.45) is 0 Å². The molecule has 0 fully saturated rings. The lowest BCUT2D eigenvalue weighted by Gasteiger charge is -2.05. The second-order valence-electron chi connectivity index (χ2n) is 5.48. The number of benzene rings is 1. The van der Waals surface area contributed by atoms with E-state index in [2.05, 4.69) is 9.97 Å². The Morgan fingerprint density at radius 1 is 1.08 bits per heavy atom.